The lowest BCUT2D eigenvalue weighted by molar-refractivity contribution is 0.201. The van der Waals surface area contributed by atoms with Gasteiger partial charge in [-0.1, -0.05) is 30.7 Å². The smallest absolute Gasteiger partial charge is 0.146 e. The highest BCUT2D eigenvalue weighted by atomic mass is 35.5. The molecular formula is C13H20ClFN2O. The topological polar surface area (TPSA) is 58.3 Å². The second-order valence-electron chi connectivity index (χ2n) is 4.55. The fraction of sp³-hybridized carbons (Fsp3) is 0.538. The molecule has 1 aromatic rings. The lowest BCUT2D eigenvalue weighted by Crippen LogP contribution is -2.40. The Morgan fingerprint density at radius 3 is 2.67 bits per heavy atom. The average molecular weight is 275 g/mol. The first-order chi connectivity index (χ1) is 8.51. The van der Waals surface area contributed by atoms with Crippen LogP contribution in [0.4, 0.5) is 4.39 Å². The molecule has 18 heavy (non-hydrogen) atoms. The minimum atomic E-state index is -0.439. The highest BCUT2D eigenvalue weighted by molar-refractivity contribution is 6.30. The predicted octanol–water partition coefficient (Wildman–Crippen LogP) is 2.09. The Hall–Kier alpha value is -0.680. The molecule has 0 aliphatic rings. The third-order valence-corrected chi connectivity index (χ3v) is 3.49. The van der Waals surface area contributed by atoms with Gasteiger partial charge in [0, 0.05) is 30.8 Å². The van der Waals surface area contributed by atoms with Crippen LogP contribution in [0.2, 0.25) is 5.02 Å². The molecule has 5 heteroatoms. The van der Waals surface area contributed by atoms with Crippen molar-refractivity contribution >= 4 is 11.6 Å². The van der Waals surface area contributed by atoms with E-state index < -0.39 is 5.82 Å². The molecule has 0 spiro atoms. The minimum absolute atomic E-state index is 0.0296. The molecule has 0 radical (unpaired) electrons. The van der Waals surface area contributed by atoms with Crippen LogP contribution in [-0.2, 0) is 0 Å². The number of aliphatic hydroxyl groups is 1. The lowest BCUT2D eigenvalue weighted by Gasteiger charge is -2.26. The van der Waals surface area contributed by atoms with Crippen LogP contribution in [0.3, 0.4) is 0 Å². The number of halogens is 2. The van der Waals surface area contributed by atoms with Crippen LogP contribution < -0.4 is 11.1 Å². The summed E-state index contributed by atoms with van der Waals surface area (Å²) in [5.74, 6) is -0.368. The van der Waals surface area contributed by atoms with Gasteiger partial charge in [-0.05, 0) is 18.9 Å². The Balaban J connectivity index is 2.86. The molecule has 0 aliphatic heterocycles. The van der Waals surface area contributed by atoms with E-state index in [1.807, 2.05) is 13.8 Å². The van der Waals surface area contributed by atoms with E-state index in [0.717, 1.165) is 0 Å². The molecule has 1 rings (SSSR count). The van der Waals surface area contributed by atoms with E-state index in [9.17, 15) is 4.39 Å². The second-order valence-corrected chi connectivity index (χ2v) is 4.95. The fourth-order valence-corrected chi connectivity index (χ4v) is 1.90. The Morgan fingerprint density at radius 2 is 2.11 bits per heavy atom. The molecule has 1 aromatic carbocycles. The molecule has 0 amide bonds. The standard InChI is InChI=1S/C13H20ClFN2O/c1-8(7-18)9(2)17-12(6-16)10-4-3-5-11(14)13(10)15/h3-5,8-9,12,17-18H,6-7,16H2,1-2H3. The predicted molar refractivity (Wildman–Crippen MR) is 72.1 cm³/mol. The van der Waals surface area contributed by atoms with Crippen molar-refractivity contribution in [3.63, 3.8) is 0 Å². The number of nitrogens with two attached hydrogens (primary N) is 1. The van der Waals surface area contributed by atoms with Gasteiger partial charge in [-0.2, -0.15) is 0 Å². The van der Waals surface area contributed by atoms with Gasteiger partial charge >= 0.3 is 0 Å². The minimum Gasteiger partial charge on any atom is -0.396 e. The van der Waals surface area contributed by atoms with Gasteiger partial charge in [0.2, 0.25) is 0 Å². The third kappa shape index (κ3) is 3.65. The van der Waals surface area contributed by atoms with Crippen molar-refractivity contribution in [3.05, 3.63) is 34.6 Å². The van der Waals surface area contributed by atoms with E-state index in [2.05, 4.69) is 5.32 Å². The molecular weight excluding hydrogens is 255 g/mol. The van der Waals surface area contributed by atoms with Crippen molar-refractivity contribution < 1.29 is 9.50 Å². The maximum atomic E-state index is 13.9. The largest absolute Gasteiger partial charge is 0.396 e. The molecule has 0 saturated heterocycles. The zero-order valence-corrected chi connectivity index (χ0v) is 11.4. The summed E-state index contributed by atoms with van der Waals surface area (Å²) < 4.78 is 13.9. The number of hydrogen-bond donors (Lipinski definition) is 3. The van der Waals surface area contributed by atoms with Gasteiger partial charge in [0.05, 0.1) is 5.02 Å². The number of hydrogen-bond acceptors (Lipinski definition) is 3. The molecule has 0 heterocycles. The first kappa shape index (κ1) is 15.4. The van der Waals surface area contributed by atoms with Crippen LogP contribution in [0, 0.1) is 11.7 Å². The van der Waals surface area contributed by atoms with Crippen LogP contribution in [-0.4, -0.2) is 24.3 Å². The van der Waals surface area contributed by atoms with Crippen LogP contribution in [0.25, 0.3) is 0 Å². The number of benzene rings is 1. The average Bonchev–Trinajstić information content (AvgIpc) is 2.38. The summed E-state index contributed by atoms with van der Waals surface area (Å²) >= 11 is 5.76. The summed E-state index contributed by atoms with van der Waals surface area (Å²) in [5, 5.41) is 12.4. The Labute approximate surface area is 112 Å². The molecule has 3 unspecified atom stereocenters. The molecule has 0 aliphatic carbocycles. The SMILES string of the molecule is CC(CO)C(C)NC(CN)c1cccc(Cl)c1F. The molecule has 102 valence electrons. The zero-order valence-electron chi connectivity index (χ0n) is 10.7. The van der Waals surface area contributed by atoms with Gasteiger partial charge < -0.3 is 16.2 Å². The summed E-state index contributed by atoms with van der Waals surface area (Å²) in [6.07, 6.45) is 0. The summed E-state index contributed by atoms with van der Waals surface area (Å²) in [5.41, 5.74) is 6.14. The van der Waals surface area contributed by atoms with Crippen LogP contribution >= 0.6 is 11.6 Å². The highest BCUT2D eigenvalue weighted by Gasteiger charge is 2.20. The van der Waals surface area contributed by atoms with E-state index in [1.54, 1.807) is 12.1 Å². The van der Waals surface area contributed by atoms with E-state index in [4.69, 9.17) is 22.4 Å². The van der Waals surface area contributed by atoms with Crippen LogP contribution in [0.5, 0.6) is 0 Å². The highest BCUT2D eigenvalue weighted by Crippen LogP contribution is 2.23. The molecule has 0 fully saturated rings. The van der Waals surface area contributed by atoms with Crippen LogP contribution in [0.15, 0.2) is 18.2 Å². The number of nitrogens with one attached hydrogen (secondary N) is 1. The van der Waals surface area contributed by atoms with Gasteiger partial charge in [-0.15, -0.1) is 0 Å². The van der Waals surface area contributed by atoms with Gasteiger partial charge in [0.15, 0.2) is 0 Å². The maximum absolute atomic E-state index is 13.9. The Morgan fingerprint density at radius 1 is 1.44 bits per heavy atom. The summed E-state index contributed by atoms with van der Waals surface area (Å²) in [6.45, 7) is 4.19. The summed E-state index contributed by atoms with van der Waals surface area (Å²) in [4.78, 5) is 0. The van der Waals surface area contributed by atoms with E-state index in [-0.39, 0.29) is 36.2 Å². The van der Waals surface area contributed by atoms with Gasteiger partial charge in [0.25, 0.3) is 0 Å². The normalized spacial score (nSPS) is 16.3. The maximum Gasteiger partial charge on any atom is 0.146 e. The fourth-order valence-electron chi connectivity index (χ4n) is 1.71. The van der Waals surface area contributed by atoms with Gasteiger partial charge in [-0.3, -0.25) is 0 Å². The first-order valence-corrected chi connectivity index (χ1v) is 6.39. The second kappa shape index (κ2) is 7.04. The zero-order chi connectivity index (χ0) is 13.7. The third-order valence-electron chi connectivity index (χ3n) is 3.20. The summed E-state index contributed by atoms with van der Waals surface area (Å²) in [7, 11) is 0. The molecule has 0 aromatic heterocycles. The van der Waals surface area contributed by atoms with E-state index >= 15 is 0 Å². The summed E-state index contributed by atoms with van der Waals surface area (Å²) in [6, 6.07) is 4.59. The molecule has 3 nitrogen and oxygen atoms in total. The Bertz CT molecular complexity index is 389. The van der Waals surface area contributed by atoms with Crippen molar-refractivity contribution in [2.45, 2.75) is 25.9 Å². The van der Waals surface area contributed by atoms with E-state index in [0.29, 0.717) is 5.56 Å². The van der Waals surface area contributed by atoms with Crippen molar-refractivity contribution in [2.75, 3.05) is 13.2 Å². The van der Waals surface area contributed by atoms with Crippen molar-refractivity contribution in [1.29, 1.82) is 0 Å². The molecule has 4 N–H and O–H groups in total. The van der Waals surface area contributed by atoms with Crippen molar-refractivity contribution in [2.24, 2.45) is 11.7 Å². The van der Waals surface area contributed by atoms with Crippen LogP contribution in [0.1, 0.15) is 25.5 Å². The van der Waals surface area contributed by atoms with Gasteiger partial charge in [-0.25, -0.2) is 4.39 Å². The number of rotatable bonds is 6. The van der Waals surface area contributed by atoms with Crippen molar-refractivity contribution in [3.8, 4) is 0 Å². The molecule has 0 saturated carbocycles. The van der Waals surface area contributed by atoms with Gasteiger partial charge in [0.1, 0.15) is 5.82 Å². The number of aliphatic hydroxyl groups excluding tert-OH is 1. The quantitative estimate of drug-likeness (QED) is 0.744. The Kier molecular flexibility index (Phi) is 6.02. The van der Waals surface area contributed by atoms with Crippen molar-refractivity contribution in [1.82, 2.24) is 5.32 Å². The monoisotopic (exact) mass is 274 g/mol. The molecule has 0 bridgehead atoms. The first-order valence-electron chi connectivity index (χ1n) is 6.02. The van der Waals surface area contributed by atoms with E-state index in [1.165, 1.54) is 6.07 Å². The molecule has 3 atom stereocenters. The lowest BCUT2D eigenvalue weighted by atomic mass is 10.0.